The molecule has 0 saturated carbocycles. The fraction of sp³-hybridized carbons (Fsp3) is 0.222. The van der Waals surface area contributed by atoms with Crippen LogP contribution < -0.4 is 11.2 Å². The Morgan fingerprint density at radius 1 is 0.800 bits per heavy atom. The smallest absolute Gasteiger partial charge is 0.330 e. The standard InChI is InChI=1S/C36H34N2O6S/c1-26-23-38(35(40)37-34(26)39)33-22-32(45(41,42)25-27-14-6-2-7-15-27)31(44-33)24-43-36(28-16-8-3-9-17-28,29-18-10-4-11-19-29)30-20-12-5-13-21-30/h2-21,23,31-33H,22,24-25H2,1H3,(H,37,39,40)/t31-,32+,33-/m1/s1. The molecule has 1 fully saturated rings. The van der Waals surface area contributed by atoms with Gasteiger partial charge in [0, 0.05) is 18.2 Å². The summed E-state index contributed by atoms with van der Waals surface area (Å²) >= 11 is 0. The van der Waals surface area contributed by atoms with Crippen LogP contribution in [0.2, 0.25) is 0 Å². The highest BCUT2D eigenvalue weighted by Gasteiger charge is 2.47. The minimum Gasteiger partial charge on any atom is -0.358 e. The third-order valence-electron chi connectivity index (χ3n) is 8.31. The second kappa shape index (κ2) is 12.8. The maximum atomic E-state index is 14.0. The molecule has 3 atom stereocenters. The van der Waals surface area contributed by atoms with Crippen LogP contribution in [-0.2, 0) is 30.7 Å². The monoisotopic (exact) mass is 622 g/mol. The number of ether oxygens (including phenoxy) is 2. The molecule has 6 rings (SSSR count). The second-order valence-electron chi connectivity index (χ2n) is 11.3. The highest BCUT2D eigenvalue weighted by atomic mass is 32.2. The van der Waals surface area contributed by atoms with Crippen molar-refractivity contribution < 1.29 is 17.9 Å². The highest BCUT2D eigenvalue weighted by Crippen LogP contribution is 2.42. The molecule has 1 aromatic heterocycles. The fourth-order valence-electron chi connectivity index (χ4n) is 6.09. The van der Waals surface area contributed by atoms with Gasteiger partial charge in [-0.2, -0.15) is 0 Å². The number of aromatic amines is 1. The van der Waals surface area contributed by atoms with Gasteiger partial charge in [0.25, 0.3) is 5.56 Å². The molecular weight excluding hydrogens is 588 g/mol. The maximum Gasteiger partial charge on any atom is 0.330 e. The van der Waals surface area contributed by atoms with E-state index in [0.717, 1.165) is 16.7 Å². The van der Waals surface area contributed by atoms with Crippen LogP contribution in [0.4, 0.5) is 0 Å². The number of H-pyrrole nitrogens is 1. The van der Waals surface area contributed by atoms with Crippen LogP contribution in [0.15, 0.2) is 137 Å². The molecule has 2 heterocycles. The fourth-order valence-corrected chi connectivity index (χ4v) is 8.02. The third-order valence-corrected chi connectivity index (χ3v) is 10.5. The van der Waals surface area contributed by atoms with Crippen molar-refractivity contribution in [3.8, 4) is 0 Å². The van der Waals surface area contributed by atoms with Gasteiger partial charge in [0.1, 0.15) is 17.9 Å². The first-order chi connectivity index (χ1) is 21.8. The lowest BCUT2D eigenvalue weighted by molar-refractivity contribution is -0.0768. The number of nitrogens with one attached hydrogen (secondary N) is 1. The Kier molecular flexibility index (Phi) is 8.67. The number of rotatable bonds is 10. The van der Waals surface area contributed by atoms with Crippen LogP contribution in [0.1, 0.15) is 40.5 Å². The molecule has 45 heavy (non-hydrogen) atoms. The molecule has 9 heteroatoms. The topological polar surface area (TPSA) is 107 Å². The summed E-state index contributed by atoms with van der Waals surface area (Å²) in [6, 6.07) is 38.4. The van der Waals surface area contributed by atoms with E-state index in [1.165, 1.54) is 10.8 Å². The molecule has 0 radical (unpaired) electrons. The molecule has 8 nitrogen and oxygen atoms in total. The van der Waals surface area contributed by atoms with Crippen molar-refractivity contribution in [2.75, 3.05) is 6.61 Å². The summed E-state index contributed by atoms with van der Waals surface area (Å²) in [6.07, 6.45) is -0.406. The van der Waals surface area contributed by atoms with Crippen molar-refractivity contribution in [3.05, 3.63) is 176 Å². The molecule has 0 unspecified atom stereocenters. The van der Waals surface area contributed by atoms with Gasteiger partial charge in [-0.3, -0.25) is 14.3 Å². The van der Waals surface area contributed by atoms with Gasteiger partial charge in [0.2, 0.25) is 0 Å². The van der Waals surface area contributed by atoms with Gasteiger partial charge in [-0.15, -0.1) is 0 Å². The summed E-state index contributed by atoms with van der Waals surface area (Å²) in [7, 11) is -3.79. The van der Waals surface area contributed by atoms with Crippen molar-refractivity contribution in [2.24, 2.45) is 0 Å². The lowest BCUT2D eigenvalue weighted by atomic mass is 9.80. The maximum absolute atomic E-state index is 14.0. The SMILES string of the molecule is Cc1cn([C@H]2C[C@H](S(=O)(=O)Cc3ccccc3)[C@@H](COC(c3ccccc3)(c3ccccc3)c3ccccc3)O2)c(=O)[nH]c1=O. The predicted octanol–water partition coefficient (Wildman–Crippen LogP) is 5.12. The van der Waals surface area contributed by atoms with E-state index in [2.05, 4.69) is 4.98 Å². The van der Waals surface area contributed by atoms with Crippen molar-refractivity contribution in [1.82, 2.24) is 9.55 Å². The highest BCUT2D eigenvalue weighted by molar-refractivity contribution is 7.91. The van der Waals surface area contributed by atoms with E-state index in [-0.39, 0.29) is 18.8 Å². The molecule has 0 spiro atoms. The van der Waals surface area contributed by atoms with E-state index < -0.39 is 44.3 Å². The molecule has 1 aliphatic heterocycles. The number of sulfone groups is 1. The molecule has 230 valence electrons. The molecule has 1 N–H and O–H groups in total. The second-order valence-corrected chi connectivity index (χ2v) is 13.5. The van der Waals surface area contributed by atoms with Crippen LogP contribution in [0, 0.1) is 6.92 Å². The van der Waals surface area contributed by atoms with Gasteiger partial charge >= 0.3 is 5.69 Å². The Balaban J connectivity index is 1.43. The van der Waals surface area contributed by atoms with Gasteiger partial charge in [-0.1, -0.05) is 121 Å². The minimum absolute atomic E-state index is 0.0175. The van der Waals surface area contributed by atoms with Crippen molar-refractivity contribution in [1.29, 1.82) is 0 Å². The summed E-state index contributed by atoms with van der Waals surface area (Å²) in [6.45, 7) is 1.49. The summed E-state index contributed by atoms with van der Waals surface area (Å²) < 4.78 is 42.7. The van der Waals surface area contributed by atoms with Gasteiger partial charge in [0.05, 0.1) is 17.6 Å². The zero-order valence-electron chi connectivity index (χ0n) is 24.8. The average molecular weight is 623 g/mol. The Labute approximate surface area is 261 Å². The van der Waals surface area contributed by atoms with Crippen molar-refractivity contribution >= 4 is 9.84 Å². The van der Waals surface area contributed by atoms with Crippen LogP contribution >= 0.6 is 0 Å². The molecule has 5 aromatic rings. The molecular formula is C36H34N2O6S. The average Bonchev–Trinajstić information content (AvgIpc) is 3.50. The molecule has 0 bridgehead atoms. The Bertz CT molecular complexity index is 1860. The van der Waals surface area contributed by atoms with E-state index in [0.29, 0.717) is 11.1 Å². The first-order valence-corrected chi connectivity index (χ1v) is 16.5. The summed E-state index contributed by atoms with van der Waals surface area (Å²) in [5.41, 5.74) is 1.33. The van der Waals surface area contributed by atoms with Crippen LogP contribution in [0.5, 0.6) is 0 Å². The van der Waals surface area contributed by atoms with E-state index in [4.69, 9.17) is 9.47 Å². The molecule has 0 aliphatic carbocycles. The Morgan fingerprint density at radius 3 is 1.80 bits per heavy atom. The molecule has 0 amide bonds. The largest absolute Gasteiger partial charge is 0.358 e. The van der Waals surface area contributed by atoms with Crippen LogP contribution in [-0.4, -0.2) is 35.9 Å². The Hall–Kier alpha value is -4.57. The van der Waals surface area contributed by atoms with Gasteiger partial charge in [0.15, 0.2) is 9.84 Å². The number of hydrogen-bond donors (Lipinski definition) is 1. The number of aromatic nitrogens is 2. The van der Waals surface area contributed by atoms with Gasteiger partial charge in [-0.25, -0.2) is 13.2 Å². The molecule has 4 aromatic carbocycles. The molecule has 1 aliphatic rings. The quantitative estimate of drug-likeness (QED) is 0.217. The Morgan fingerprint density at radius 2 is 1.29 bits per heavy atom. The zero-order chi connectivity index (χ0) is 31.4. The minimum atomic E-state index is -3.79. The van der Waals surface area contributed by atoms with Gasteiger partial charge in [-0.05, 0) is 29.2 Å². The van der Waals surface area contributed by atoms with Crippen LogP contribution in [0.25, 0.3) is 0 Å². The van der Waals surface area contributed by atoms with E-state index in [9.17, 15) is 18.0 Å². The number of nitrogens with zero attached hydrogens (tertiary/aromatic N) is 1. The summed E-state index contributed by atoms with van der Waals surface area (Å²) in [5, 5.41) is -0.984. The van der Waals surface area contributed by atoms with E-state index >= 15 is 0 Å². The predicted molar refractivity (Wildman–Crippen MR) is 173 cm³/mol. The first kappa shape index (κ1) is 30.5. The van der Waals surface area contributed by atoms with Gasteiger partial charge < -0.3 is 9.47 Å². The van der Waals surface area contributed by atoms with E-state index in [1.54, 1.807) is 31.2 Å². The lowest BCUT2D eigenvalue weighted by Gasteiger charge is -2.37. The molecule has 1 saturated heterocycles. The summed E-state index contributed by atoms with van der Waals surface area (Å²) in [4.78, 5) is 27.2. The lowest BCUT2D eigenvalue weighted by Crippen LogP contribution is -2.40. The van der Waals surface area contributed by atoms with Crippen molar-refractivity contribution in [3.63, 3.8) is 0 Å². The zero-order valence-corrected chi connectivity index (χ0v) is 25.6. The van der Waals surface area contributed by atoms with E-state index in [1.807, 2.05) is 97.1 Å². The number of benzene rings is 4. The van der Waals surface area contributed by atoms with Crippen molar-refractivity contribution in [2.45, 2.75) is 42.3 Å². The number of aryl methyl sites for hydroxylation is 1. The normalized spacial score (nSPS) is 18.6. The summed E-state index contributed by atoms with van der Waals surface area (Å²) in [5.74, 6) is -0.189. The third kappa shape index (κ3) is 6.20. The van der Waals surface area contributed by atoms with Crippen LogP contribution in [0.3, 0.4) is 0 Å². The first-order valence-electron chi connectivity index (χ1n) is 14.8. The number of hydrogen-bond acceptors (Lipinski definition) is 6.